The van der Waals surface area contributed by atoms with Crippen molar-refractivity contribution in [2.75, 3.05) is 16.8 Å². The van der Waals surface area contributed by atoms with Gasteiger partial charge in [-0.05, 0) is 30.7 Å². The van der Waals surface area contributed by atoms with E-state index >= 15 is 0 Å². The van der Waals surface area contributed by atoms with Crippen LogP contribution in [-0.2, 0) is 4.79 Å². The average Bonchev–Trinajstić information content (AvgIpc) is 2.60. The Balaban J connectivity index is 1.87. The summed E-state index contributed by atoms with van der Waals surface area (Å²) in [5, 5.41) is 3.12. The lowest BCUT2D eigenvalue weighted by Crippen LogP contribution is -2.12. The zero-order valence-electron chi connectivity index (χ0n) is 14.6. The number of ketones is 1. The number of nitrogens with zero attached hydrogens (tertiary/aromatic N) is 1. The Bertz CT molecular complexity index is 818. The second-order valence-corrected chi connectivity index (χ2v) is 6.73. The second-order valence-electron chi connectivity index (χ2n) is 5.77. The number of nitrogens with two attached hydrogens (primary N) is 1. The van der Waals surface area contributed by atoms with Crippen LogP contribution in [-0.4, -0.2) is 27.4 Å². The van der Waals surface area contributed by atoms with Crippen LogP contribution >= 0.6 is 11.8 Å². The van der Waals surface area contributed by atoms with E-state index in [0.29, 0.717) is 22.8 Å². The van der Waals surface area contributed by atoms with Crippen LogP contribution < -0.4 is 16.6 Å². The van der Waals surface area contributed by atoms with Gasteiger partial charge < -0.3 is 16.0 Å². The number of unbranched alkanes of at least 4 members (excludes halogenated alkanes) is 2. The Kier molecular flexibility index (Phi) is 7.40. The van der Waals surface area contributed by atoms with E-state index in [0.717, 1.165) is 31.0 Å². The summed E-state index contributed by atoms with van der Waals surface area (Å²) < 4.78 is 0. The molecule has 0 saturated carbocycles. The van der Waals surface area contributed by atoms with Gasteiger partial charge in [-0.15, -0.1) is 0 Å². The van der Waals surface area contributed by atoms with Gasteiger partial charge in [-0.3, -0.25) is 14.4 Å². The predicted octanol–water partition coefficient (Wildman–Crippen LogP) is 2.85. The Labute approximate surface area is 155 Å². The molecule has 7 nitrogen and oxygen atoms in total. The van der Waals surface area contributed by atoms with Crippen molar-refractivity contribution < 1.29 is 9.59 Å². The molecule has 1 aromatic carbocycles. The van der Waals surface area contributed by atoms with Crippen molar-refractivity contribution >= 4 is 35.0 Å². The van der Waals surface area contributed by atoms with Crippen LogP contribution in [0.2, 0.25) is 0 Å². The minimum atomic E-state index is -0.355. The highest BCUT2D eigenvalue weighted by Gasteiger charge is 2.09. The molecule has 0 unspecified atom stereocenters. The van der Waals surface area contributed by atoms with Crippen molar-refractivity contribution in [3.05, 3.63) is 46.2 Å². The number of aromatic nitrogens is 2. The lowest BCUT2D eigenvalue weighted by Gasteiger charge is -2.06. The minimum Gasteiger partial charge on any atom is -0.383 e. The van der Waals surface area contributed by atoms with Gasteiger partial charge in [-0.1, -0.05) is 31.5 Å². The van der Waals surface area contributed by atoms with Crippen LogP contribution in [0.5, 0.6) is 0 Å². The van der Waals surface area contributed by atoms with E-state index in [2.05, 4.69) is 22.2 Å². The molecule has 0 bridgehead atoms. The summed E-state index contributed by atoms with van der Waals surface area (Å²) in [6, 6.07) is 7.92. The summed E-state index contributed by atoms with van der Waals surface area (Å²) in [5.74, 6) is 0.100. The molecule has 4 N–H and O–H groups in total. The largest absolute Gasteiger partial charge is 0.383 e. The number of aromatic amines is 1. The van der Waals surface area contributed by atoms with Crippen molar-refractivity contribution in [2.45, 2.75) is 37.8 Å². The number of nitrogens with one attached hydrogen (secondary N) is 2. The van der Waals surface area contributed by atoms with Crippen LogP contribution in [0.3, 0.4) is 0 Å². The molecule has 0 aliphatic heterocycles. The zero-order valence-corrected chi connectivity index (χ0v) is 15.4. The lowest BCUT2D eigenvalue weighted by atomic mass is 10.1. The van der Waals surface area contributed by atoms with Crippen molar-refractivity contribution in [3.63, 3.8) is 0 Å². The molecule has 1 aromatic heterocycles. The lowest BCUT2D eigenvalue weighted by molar-refractivity contribution is -0.116. The molecule has 0 fully saturated rings. The molecular formula is C18H22N4O3S. The fraction of sp³-hybridized carbons (Fsp3) is 0.333. The quantitative estimate of drug-likeness (QED) is 0.269. The molecule has 26 heavy (non-hydrogen) atoms. The molecule has 2 aromatic rings. The van der Waals surface area contributed by atoms with Crippen molar-refractivity contribution in [1.82, 2.24) is 9.97 Å². The Morgan fingerprint density at radius 2 is 1.96 bits per heavy atom. The molecule has 0 spiro atoms. The van der Waals surface area contributed by atoms with Gasteiger partial charge in [0.15, 0.2) is 10.9 Å². The first-order chi connectivity index (χ1) is 12.5. The first-order valence-corrected chi connectivity index (χ1v) is 9.39. The number of nitrogen functional groups attached to an aromatic ring is 1. The smallest absolute Gasteiger partial charge is 0.253 e. The van der Waals surface area contributed by atoms with E-state index in [4.69, 9.17) is 5.73 Å². The van der Waals surface area contributed by atoms with Crippen molar-refractivity contribution in [1.29, 1.82) is 0 Å². The van der Waals surface area contributed by atoms with Gasteiger partial charge >= 0.3 is 0 Å². The third-order valence-electron chi connectivity index (χ3n) is 3.58. The highest BCUT2D eigenvalue weighted by atomic mass is 32.2. The molecular weight excluding hydrogens is 352 g/mol. The van der Waals surface area contributed by atoms with Gasteiger partial charge in [0.2, 0.25) is 5.91 Å². The SMILES string of the molecule is CCCCCC(=O)Nc1ccc(C(=O)CSc2nc(N)cc(=O)[nH]2)cc1. The first kappa shape index (κ1) is 19.7. The van der Waals surface area contributed by atoms with E-state index < -0.39 is 0 Å². The summed E-state index contributed by atoms with van der Waals surface area (Å²) in [7, 11) is 0. The number of benzene rings is 1. The molecule has 0 saturated heterocycles. The topological polar surface area (TPSA) is 118 Å². The van der Waals surface area contributed by atoms with Crippen molar-refractivity contribution in [2.24, 2.45) is 0 Å². The molecule has 1 amide bonds. The summed E-state index contributed by atoms with van der Waals surface area (Å²) in [6.07, 6.45) is 3.47. The van der Waals surface area contributed by atoms with Crippen LogP contribution in [0.25, 0.3) is 0 Å². The number of hydrogen-bond donors (Lipinski definition) is 3. The van der Waals surface area contributed by atoms with Crippen LogP contribution in [0.15, 0.2) is 40.3 Å². The van der Waals surface area contributed by atoms with Crippen LogP contribution in [0.1, 0.15) is 43.0 Å². The van der Waals surface area contributed by atoms with E-state index in [9.17, 15) is 14.4 Å². The van der Waals surface area contributed by atoms with Gasteiger partial charge in [0.05, 0.1) is 5.75 Å². The van der Waals surface area contributed by atoms with E-state index in [1.54, 1.807) is 24.3 Å². The number of anilines is 2. The monoisotopic (exact) mass is 374 g/mol. The molecule has 8 heteroatoms. The number of amides is 1. The molecule has 0 aliphatic rings. The standard InChI is InChI=1S/C18H22N4O3S/c1-2-3-4-5-16(24)20-13-8-6-12(7-9-13)14(23)11-26-18-21-15(19)10-17(25)22-18/h6-10H,2-5,11H2,1H3,(H,20,24)(H3,19,21,22,25). The first-order valence-electron chi connectivity index (χ1n) is 8.40. The van der Waals surface area contributed by atoms with Crippen LogP contribution in [0.4, 0.5) is 11.5 Å². The maximum absolute atomic E-state index is 12.2. The normalized spacial score (nSPS) is 10.5. The van der Waals surface area contributed by atoms with E-state index in [1.807, 2.05) is 0 Å². The molecule has 138 valence electrons. The Morgan fingerprint density at radius 1 is 1.23 bits per heavy atom. The summed E-state index contributed by atoms with van der Waals surface area (Å²) in [5.41, 5.74) is 6.34. The molecule has 0 radical (unpaired) electrons. The third-order valence-corrected chi connectivity index (χ3v) is 4.45. The molecule has 0 atom stereocenters. The van der Waals surface area contributed by atoms with Gasteiger partial charge in [-0.25, -0.2) is 4.98 Å². The average molecular weight is 374 g/mol. The third kappa shape index (κ3) is 6.36. The van der Waals surface area contributed by atoms with Crippen LogP contribution in [0, 0.1) is 0 Å². The Hall–Kier alpha value is -2.61. The van der Waals surface area contributed by atoms with Gasteiger partial charge in [0.1, 0.15) is 5.82 Å². The maximum Gasteiger partial charge on any atom is 0.253 e. The number of rotatable bonds is 9. The maximum atomic E-state index is 12.2. The number of hydrogen-bond acceptors (Lipinski definition) is 6. The second kappa shape index (κ2) is 9.76. The number of H-pyrrole nitrogens is 1. The number of carbonyl (C=O) groups excluding carboxylic acids is 2. The van der Waals surface area contributed by atoms with Gasteiger partial charge in [-0.2, -0.15) is 0 Å². The molecule has 0 aliphatic carbocycles. The molecule has 2 rings (SSSR count). The van der Waals surface area contributed by atoms with Gasteiger partial charge in [0, 0.05) is 23.7 Å². The number of Topliss-reactive ketones (excluding diaryl/α,β-unsaturated/α-hetero) is 1. The fourth-order valence-corrected chi connectivity index (χ4v) is 3.01. The van der Waals surface area contributed by atoms with Gasteiger partial charge in [0.25, 0.3) is 5.56 Å². The highest BCUT2D eigenvalue weighted by molar-refractivity contribution is 7.99. The zero-order chi connectivity index (χ0) is 18.9. The van der Waals surface area contributed by atoms with E-state index in [-0.39, 0.29) is 28.8 Å². The highest BCUT2D eigenvalue weighted by Crippen LogP contribution is 2.16. The number of carbonyl (C=O) groups is 2. The summed E-state index contributed by atoms with van der Waals surface area (Å²) in [6.45, 7) is 2.09. The fourth-order valence-electron chi connectivity index (χ4n) is 2.24. The van der Waals surface area contributed by atoms with E-state index in [1.165, 1.54) is 6.07 Å². The predicted molar refractivity (Wildman–Crippen MR) is 104 cm³/mol. The van der Waals surface area contributed by atoms with Crippen molar-refractivity contribution in [3.8, 4) is 0 Å². The molecule has 1 heterocycles. The summed E-state index contributed by atoms with van der Waals surface area (Å²) >= 11 is 1.11. The Morgan fingerprint density at radius 3 is 2.62 bits per heavy atom. The summed E-state index contributed by atoms with van der Waals surface area (Å²) in [4.78, 5) is 41.8. The minimum absolute atomic E-state index is 0.0234. The number of thioether (sulfide) groups is 1.